The minimum Gasteiger partial charge on any atom is -0.466 e. The Morgan fingerprint density at radius 2 is 1.71 bits per heavy atom. The molecule has 2 rings (SSSR count). The zero-order chi connectivity index (χ0) is 15.2. The van der Waals surface area contributed by atoms with Gasteiger partial charge in [0.1, 0.15) is 0 Å². The fourth-order valence-electron chi connectivity index (χ4n) is 2.56. The summed E-state index contributed by atoms with van der Waals surface area (Å²) in [4.78, 5) is 24.4. The van der Waals surface area contributed by atoms with Crippen molar-refractivity contribution in [1.82, 2.24) is 0 Å². The third kappa shape index (κ3) is 3.59. The Kier molecular flexibility index (Phi) is 5.67. The predicted molar refractivity (Wildman–Crippen MR) is 81.9 cm³/mol. The fraction of sp³-hybridized carbons (Fsp3) is 0.500. The van der Waals surface area contributed by atoms with Crippen molar-refractivity contribution in [2.75, 3.05) is 19.0 Å². The molecule has 114 valence electrons. The molecule has 0 bridgehead atoms. The van der Waals surface area contributed by atoms with Gasteiger partial charge in [-0.15, -0.1) is 0 Å². The van der Waals surface area contributed by atoms with Gasteiger partial charge >= 0.3 is 11.9 Å². The second-order valence-electron chi connectivity index (χ2n) is 4.80. The molecule has 1 aliphatic heterocycles. The van der Waals surface area contributed by atoms with Crippen LogP contribution in [0.15, 0.2) is 30.3 Å². The highest BCUT2D eigenvalue weighted by atomic mass is 32.2. The zero-order valence-electron chi connectivity index (χ0n) is 12.3. The largest absolute Gasteiger partial charge is 0.466 e. The van der Waals surface area contributed by atoms with Crippen LogP contribution in [-0.4, -0.2) is 30.9 Å². The molecular formula is C16H20O4S. The Balaban J connectivity index is 2.25. The molecule has 0 aromatic heterocycles. The molecule has 0 amide bonds. The Morgan fingerprint density at radius 3 is 2.33 bits per heavy atom. The van der Waals surface area contributed by atoms with Crippen LogP contribution < -0.4 is 0 Å². The van der Waals surface area contributed by atoms with Crippen LogP contribution in [0.2, 0.25) is 0 Å². The predicted octanol–water partition coefficient (Wildman–Crippen LogP) is 2.83. The van der Waals surface area contributed by atoms with Gasteiger partial charge in [0.05, 0.1) is 25.0 Å². The highest BCUT2D eigenvalue weighted by Crippen LogP contribution is 2.48. The second-order valence-corrected chi connectivity index (χ2v) is 5.98. The maximum absolute atomic E-state index is 12.3. The average Bonchev–Trinajstić information content (AvgIpc) is 2.93. The van der Waals surface area contributed by atoms with E-state index in [1.807, 2.05) is 30.3 Å². The highest BCUT2D eigenvalue weighted by molar-refractivity contribution is 7.99. The lowest BCUT2D eigenvalue weighted by molar-refractivity contribution is -0.158. The Bertz CT molecular complexity index is 488. The number of carbonyl (C=O) groups excluding carboxylic acids is 2. The molecule has 4 nitrogen and oxygen atoms in total. The van der Waals surface area contributed by atoms with Gasteiger partial charge in [-0.25, -0.2) is 0 Å². The molecule has 21 heavy (non-hydrogen) atoms. The van der Waals surface area contributed by atoms with Gasteiger partial charge in [0.15, 0.2) is 0 Å². The monoisotopic (exact) mass is 308 g/mol. The molecule has 0 unspecified atom stereocenters. The summed E-state index contributed by atoms with van der Waals surface area (Å²) in [6.07, 6.45) is 0. The van der Waals surface area contributed by atoms with Crippen molar-refractivity contribution in [3.63, 3.8) is 0 Å². The topological polar surface area (TPSA) is 52.6 Å². The van der Waals surface area contributed by atoms with Crippen molar-refractivity contribution in [2.45, 2.75) is 19.1 Å². The number of benzene rings is 1. The van der Waals surface area contributed by atoms with Crippen LogP contribution in [-0.2, 0) is 19.1 Å². The fourth-order valence-corrected chi connectivity index (χ4v) is 4.18. The lowest BCUT2D eigenvalue weighted by atomic mass is 9.88. The average molecular weight is 308 g/mol. The van der Waals surface area contributed by atoms with Gasteiger partial charge in [0.25, 0.3) is 0 Å². The van der Waals surface area contributed by atoms with Gasteiger partial charge in [0.2, 0.25) is 0 Å². The quantitative estimate of drug-likeness (QED) is 0.783. The van der Waals surface area contributed by atoms with Crippen LogP contribution in [0.25, 0.3) is 0 Å². The van der Waals surface area contributed by atoms with Crippen molar-refractivity contribution in [3.05, 3.63) is 35.9 Å². The second kappa shape index (κ2) is 7.50. The first-order valence-electron chi connectivity index (χ1n) is 7.18. The standard InChI is InChI=1S/C16H20O4S/c1-3-19-15(17)12-10-21-14(11-8-6-5-7-9-11)13(12)16(18)20-4-2/h5-9,12-14H,3-4,10H2,1-2H3/t12-,13+,14+/m0/s1. The van der Waals surface area contributed by atoms with E-state index >= 15 is 0 Å². The number of esters is 2. The van der Waals surface area contributed by atoms with E-state index in [-0.39, 0.29) is 17.2 Å². The van der Waals surface area contributed by atoms with Crippen molar-refractivity contribution in [3.8, 4) is 0 Å². The minimum absolute atomic E-state index is 0.0559. The number of hydrogen-bond acceptors (Lipinski definition) is 5. The SMILES string of the molecule is CCOC(=O)[C@@H]1[C@@H](C(=O)OCC)CS[C@@H]1c1ccccc1. The number of rotatable bonds is 5. The number of carbonyl (C=O) groups is 2. The van der Waals surface area contributed by atoms with Gasteiger partial charge in [-0.2, -0.15) is 11.8 Å². The molecule has 1 fully saturated rings. The first-order chi connectivity index (χ1) is 10.2. The van der Waals surface area contributed by atoms with Crippen LogP contribution >= 0.6 is 11.8 Å². The molecule has 1 heterocycles. The minimum atomic E-state index is -0.476. The Morgan fingerprint density at radius 1 is 1.10 bits per heavy atom. The van der Waals surface area contributed by atoms with E-state index in [0.29, 0.717) is 19.0 Å². The summed E-state index contributed by atoms with van der Waals surface area (Å²) >= 11 is 1.62. The Labute approximate surface area is 129 Å². The molecular weight excluding hydrogens is 288 g/mol. The van der Waals surface area contributed by atoms with Crippen molar-refractivity contribution in [2.24, 2.45) is 11.8 Å². The lowest BCUT2D eigenvalue weighted by Gasteiger charge is -2.21. The van der Waals surface area contributed by atoms with Gasteiger partial charge in [-0.05, 0) is 19.4 Å². The number of hydrogen-bond donors (Lipinski definition) is 0. The van der Waals surface area contributed by atoms with E-state index in [9.17, 15) is 9.59 Å². The smallest absolute Gasteiger partial charge is 0.311 e. The molecule has 3 atom stereocenters. The lowest BCUT2D eigenvalue weighted by Crippen LogP contribution is -2.32. The summed E-state index contributed by atoms with van der Waals surface area (Å²) in [5.74, 6) is -0.937. The third-order valence-electron chi connectivity index (χ3n) is 3.49. The molecule has 0 spiro atoms. The molecule has 0 saturated carbocycles. The van der Waals surface area contributed by atoms with Gasteiger partial charge in [-0.1, -0.05) is 30.3 Å². The summed E-state index contributed by atoms with van der Waals surface area (Å²) in [7, 11) is 0. The summed E-state index contributed by atoms with van der Waals surface area (Å²) < 4.78 is 10.3. The molecule has 1 aromatic carbocycles. The van der Waals surface area contributed by atoms with E-state index in [0.717, 1.165) is 5.56 Å². The van der Waals surface area contributed by atoms with Crippen LogP contribution in [0, 0.1) is 11.8 Å². The summed E-state index contributed by atoms with van der Waals surface area (Å²) in [5, 5.41) is -0.0559. The molecule has 1 aromatic rings. The van der Waals surface area contributed by atoms with Crippen LogP contribution in [0.3, 0.4) is 0 Å². The first kappa shape index (κ1) is 15.9. The van der Waals surface area contributed by atoms with Crippen molar-refractivity contribution >= 4 is 23.7 Å². The number of ether oxygens (including phenoxy) is 2. The van der Waals surface area contributed by atoms with Crippen molar-refractivity contribution < 1.29 is 19.1 Å². The van der Waals surface area contributed by atoms with E-state index in [4.69, 9.17) is 9.47 Å². The van der Waals surface area contributed by atoms with Crippen LogP contribution in [0.4, 0.5) is 0 Å². The molecule has 0 N–H and O–H groups in total. The first-order valence-corrected chi connectivity index (χ1v) is 8.23. The van der Waals surface area contributed by atoms with Crippen LogP contribution in [0.5, 0.6) is 0 Å². The molecule has 0 aliphatic carbocycles. The molecule has 5 heteroatoms. The van der Waals surface area contributed by atoms with Gasteiger partial charge < -0.3 is 9.47 Å². The van der Waals surface area contributed by atoms with E-state index in [2.05, 4.69) is 0 Å². The summed E-state index contributed by atoms with van der Waals surface area (Å²) in [5.41, 5.74) is 1.05. The van der Waals surface area contributed by atoms with Crippen LogP contribution in [0.1, 0.15) is 24.7 Å². The number of thioether (sulfide) groups is 1. The highest BCUT2D eigenvalue weighted by Gasteiger charge is 2.47. The van der Waals surface area contributed by atoms with E-state index in [1.54, 1.807) is 25.6 Å². The van der Waals surface area contributed by atoms with Gasteiger partial charge in [-0.3, -0.25) is 9.59 Å². The Hall–Kier alpha value is -1.49. The van der Waals surface area contributed by atoms with Gasteiger partial charge in [0, 0.05) is 11.0 Å². The third-order valence-corrected chi connectivity index (χ3v) is 4.97. The van der Waals surface area contributed by atoms with E-state index < -0.39 is 11.8 Å². The van der Waals surface area contributed by atoms with Crippen molar-refractivity contribution in [1.29, 1.82) is 0 Å². The maximum atomic E-state index is 12.3. The van der Waals surface area contributed by atoms with E-state index in [1.165, 1.54) is 0 Å². The molecule has 0 radical (unpaired) electrons. The summed E-state index contributed by atoms with van der Waals surface area (Å²) in [6, 6.07) is 9.78. The molecule has 1 aliphatic rings. The summed E-state index contributed by atoms with van der Waals surface area (Å²) in [6.45, 7) is 4.19. The maximum Gasteiger partial charge on any atom is 0.311 e. The zero-order valence-corrected chi connectivity index (χ0v) is 13.1. The molecule has 1 saturated heterocycles. The normalized spacial score (nSPS) is 24.6.